The monoisotopic (exact) mass is 215 g/mol. The molecule has 0 bridgehead atoms. The average Bonchev–Trinajstić information content (AvgIpc) is 2.27. The maximum Gasteiger partial charge on any atom is 0.139 e. The molecule has 0 aliphatic heterocycles. The summed E-state index contributed by atoms with van der Waals surface area (Å²) in [4.78, 5) is 11.2. The molecule has 0 atom stereocenters. The zero-order valence-electron chi connectivity index (χ0n) is 10.2. The molecule has 0 saturated carbocycles. The fourth-order valence-corrected chi connectivity index (χ4v) is 1.68. The summed E-state index contributed by atoms with van der Waals surface area (Å²) in [6.45, 7) is 4.23. The Bertz CT molecular complexity index is 504. The lowest BCUT2D eigenvalue weighted by molar-refractivity contribution is 0.779. The number of para-hydroxylation sites is 1. The Labute approximate surface area is 96.1 Å². The van der Waals surface area contributed by atoms with E-state index in [-0.39, 0.29) is 0 Å². The van der Waals surface area contributed by atoms with Crippen molar-refractivity contribution >= 4 is 16.7 Å². The second kappa shape index (κ2) is 4.08. The molecule has 0 saturated heterocycles. The lowest BCUT2D eigenvalue weighted by Gasteiger charge is -2.16. The molecule has 0 amide bonds. The fourth-order valence-electron chi connectivity index (χ4n) is 1.68. The van der Waals surface area contributed by atoms with E-state index in [9.17, 15) is 0 Å². The topological polar surface area (TPSA) is 29.0 Å². The van der Waals surface area contributed by atoms with Crippen LogP contribution in [0.5, 0.6) is 0 Å². The van der Waals surface area contributed by atoms with Crippen LogP contribution in [-0.4, -0.2) is 24.1 Å². The van der Waals surface area contributed by atoms with Crippen LogP contribution in [0.25, 0.3) is 10.9 Å². The number of rotatable bonds is 2. The van der Waals surface area contributed by atoms with Crippen LogP contribution < -0.4 is 4.90 Å². The molecule has 84 valence electrons. The highest BCUT2D eigenvalue weighted by Gasteiger charge is 2.10. The number of hydrogen-bond acceptors (Lipinski definition) is 3. The van der Waals surface area contributed by atoms with Gasteiger partial charge in [0.15, 0.2) is 0 Å². The maximum atomic E-state index is 4.61. The van der Waals surface area contributed by atoms with Gasteiger partial charge in [-0.25, -0.2) is 9.97 Å². The molecule has 1 aromatic heterocycles. The summed E-state index contributed by atoms with van der Waals surface area (Å²) in [7, 11) is 4.03. The molecule has 0 aliphatic rings. The average molecular weight is 215 g/mol. The number of benzene rings is 1. The molecule has 0 unspecified atom stereocenters. The summed E-state index contributed by atoms with van der Waals surface area (Å²) in [5.74, 6) is 2.25. The van der Waals surface area contributed by atoms with E-state index in [0.717, 1.165) is 22.5 Å². The third-order valence-corrected chi connectivity index (χ3v) is 2.54. The molecular formula is C13H17N3. The SMILES string of the molecule is CC(C)c1nc(N(C)C)c2ccccc2n1. The van der Waals surface area contributed by atoms with Gasteiger partial charge in [-0.1, -0.05) is 26.0 Å². The van der Waals surface area contributed by atoms with Gasteiger partial charge in [-0.3, -0.25) is 0 Å². The Hall–Kier alpha value is -1.64. The first-order chi connectivity index (χ1) is 7.59. The van der Waals surface area contributed by atoms with Crippen LogP contribution in [0.4, 0.5) is 5.82 Å². The second-order valence-corrected chi connectivity index (χ2v) is 4.47. The minimum Gasteiger partial charge on any atom is -0.362 e. The molecule has 1 heterocycles. The van der Waals surface area contributed by atoms with E-state index in [1.165, 1.54) is 0 Å². The van der Waals surface area contributed by atoms with Crippen molar-refractivity contribution in [3.05, 3.63) is 30.1 Å². The van der Waals surface area contributed by atoms with Crippen LogP contribution in [0.15, 0.2) is 24.3 Å². The van der Waals surface area contributed by atoms with E-state index in [0.29, 0.717) is 5.92 Å². The van der Waals surface area contributed by atoms with Crippen molar-refractivity contribution in [3.8, 4) is 0 Å². The highest BCUT2D eigenvalue weighted by Crippen LogP contribution is 2.24. The fraction of sp³-hybridized carbons (Fsp3) is 0.385. The molecule has 0 N–H and O–H groups in total. The molecule has 3 heteroatoms. The third-order valence-electron chi connectivity index (χ3n) is 2.54. The Morgan fingerprint density at radius 1 is 1.06 bits per heavy atom. The predicted octanol–water partition coefficient (Wildman–Crippen LogP) is 2.82. The number of hydrogen-bond donors (Lipinski definition) is 0. The van der Waals surface area contributed by atoms with Crippen LogP contribution in [0.1, 0.15) is 25.6 Å². The zero-order valence-corrected chi connectivity index (χ0v) is 10.2. The lowest BCUT2D eigenvalue weighted by atomic mass is 10.1. The first-order valence-electron chi connectivity index (χ1n) is 5.53. The molecule has 0 aliphatic carbocycles. The summed E-state index contributed by atoms with van der Waals surface area (Å²) in [6.07, 6.45) is 0. The molecule has 16 heavy (non-hydrogen) atoms. The zero-order chi connectivity index (χ0) is 11.7. The Morgan fingerprint density at radius 2 is 1.75 bits per heavy atom. The number of anilines is 1. The van der Waals surface area contributed by atoms with Gasteiger partial charge in [0.1, 0.15) is 11.6 Å². The van der Waals surface area contributed by atoms with Gasteiger partial charge in [0, 0.05) is 25.4 Å². The molecule has 0 spiro atoms. The predicted molar refractivity (Wildman–Crippen MR) is 68.0 cm³/mol. The Balaban J connectivity index is 2.74. The second-order valence-electron chi connectivity index (χ2n) is 4.47. The number of nitrogens with zero attached hydrogens (tertiary/aromatic N) is 3. The number of fused-ring (bicyclic) bond motifs is 1. The molecule has 2 rings (SSSR count). The quantitative estimate of drug-likeness (QED) is 0.771. The van der Waals surface area contributed by atoms with Crippen molar-refractivity contribution in [2.45, 2.75) is 19.8 Å². The molecule has 0 radical (unpaired) electrons. The molecule has 3 nitrogen and oxygen atoms in total. The van der Waals surface area contributed by atoms with Crippen molar-refractivity contribution in [2.75, 3.05) is 19.0 Å². The summed E-state index contributed by atoms with van der Waals surface area (Å²) >= 11 is 0. The largest absolute Gasteiger partial charge is 0.362 e. The summed E-state index contributed by atoms with van der Waals surface area (Å²) < 4.78 is 0. The van der Waals surface area contributed by atoms with Crippen LogP contribution in [0.2, 0.25) is 0 Å². The van der Waals surface area contributed by atoms with Crippen LogP contribution >= 0.6 is 0 Å². The van der Waals surface area contributed by atoms with Crippen LogP contribution in [0, 0.1) is 0 Å². The highest BCUT2D eigenvalue weighted by molar-refractivity contribution is 5.89. The summed E-state index contributed by atoms with van der Waals surface area (Å²) in [5.41, 5.74) is 1.02. The third kappa shape index (κ3) is 1.85. The van der Waals surface area contributed by atoms with Crippen molar-refractivity contribution in [3.63, 3.8) is 0 Å². The minimum atomic E-state index is 0.350. The van der Waals surface area contributed by atoms with Gasteiger partial charge in [0.2, 0.25) is 0 Å². The van der Waals surface area contributed by atoms with Crippen molar-refractivity contribution in [1.29, 1.82) is 0 Å². The standard InChI is InChI=1S/C13H17N3/c1-9(2)12-14-11-8-6-5-7-10(11)13(15-12)16(3)4/h5-9H,1-4H3. The van der Waals surface area contributed by atoms with Gasteiger partial charge in [0.05, 0.1) is 5.52 Å². The van der Waals surface area contributed by atoms with Gasteiger partial charge >= 0.3 is 0 Å². The van der Waals surface area contributed by atoms with Crippen LogP contribution in [-0.2, 0) is 0 Å². The smallest absolute Gasteiger partial charge is 0.139 e. The first-order valence-corrected chi connectivity index (χ1v) is 5.53. The van der Waals surface area contributed by atoms with E-state index in [1.807, 2.05) is 37.2 Å². The van der Waals surface area contributed by atoms with Gasteiger partial charge < -0.3 is 4.90 Å². The van der Waals surface area contributed by atoms with E-state index >= 15 is 0 Å². The Morgan fingerprint density at radius 3 is 2.38 bits per heavy atom. The van der Waals surface area contributed by atoms with E-state index in [1.54, 1.807) is 0 Å². The normalized spacial score (nSPS) is 11.1. The summed E-state index contributed by atoms with van der Waals surface area (Å²) in [6, 6.07) is 8.14. The molecule has 0 fully saturated rings. The summed E-state index contributed by atoms with van der Waals surface area (Å²) in [5, 5.41) is 1.11. The van der Waals surface area contributed by atoms with Gasteiger partial charge in [0.25, 0.3) is 0 Å². The van der Waals surface area contributed by atoms with Crippen LogP contribution in [0.3, 0.4) is 0 Å². The first kappa shape index (κ1) is 10.9. The lowest BCUT2D eigenvalue weighted by Crippen LogP contribution is -2.13. The van der Waals surface area contributed by atoms with Gasteiger partial charge in [-0.05, 0) is 12.1 Å². The minimum absolute atomic E-state index is 0.350. The Kier molecular flexibility index (Phi) is 2.77. The molecule has 2 aromatic rings. The van der Waals surface area contributed by atoms with Crippen molar-refractivity contribution in [1.82, 2.24) is 9.97 Å². The molecule has 1 aromatic carbocycles. The van der Waals surface area contributed by atoms with Crippen molar-refractivity contribution in [2.24, 2.45) is 0 Å². The van der Waals surface area contributed by atoms with Gasteiger partial charge in [-0.2, -0.15) is 0 Å². The highest BCUT2D eigenvalue weighted by atomic mass is 15.2. The van der Waals surface area contributed by atoms with E-state index in [4.69, 9.17) is 0 Å². The number of aromatic nitrogens is 2. The van der Waals surface area contributed by atoms with Crippen molar-refractivity contribution < 1.29 is 0 Å². The molecular weight excluding hydrogens is 198 g/mol. The van der Waals surface area contributed by atoms with Gasteiger partial charge in [-0.15, -0.1) is 0 Å². The van der Waals surface area contributed by atoms with E-state index < -0.39 is 0 Å². The van der Waals surface area contributed by atoms with E-state index in [2.05, 4.69) is 29.9 Å². The maximum absolute atomic E-state index is 4.61.